The van der Waals surface area contributed by atoms with Crippen LogP contribution in [0.2, 0.25) is 10.3 Å². The van der Waals surface area contributed by atoms with Crippen LogP contribution in [0.4, 0.5) is 0 Å². The van der Waals surface area contributed by atoms with Crippen molar-refractivity contribution in [3.63, 3.8) is 0 Å². The molecule has 48 heavy (non-hydrogen) atoms. The molecule has 2 aromatic rings. The van der Waals surface area contributed by atoms with Crippen molar-refractivity contribution in [3.8, 4) is 0 Å². The van der Waals surface area contributed by atoms with E-state index in [2.05, 4.69) is 91.7 Å². The largest absolute Gasteiger partial charge is 0.481 e. The van der Waals surface area contributed by atoms with Crippen LogP contribution in [0, 0.1) is 0 Å². The summed E-state index contributed by atoms with van der Waals surface area (Å²) in [5, 5.41) is 22.1. The number of hydrogen-bond donors (Lipinski definition) is 5. The Hall–Kier alpha value is 0.414. The number of halogens is 4. The van der Waals surface area contributed by atoms with E-state index in [1.165, 1.54) is 38.1 Å². The molecule has 0 radical (unpaired) electrons. The molecule has 10 nitrogen and oxygen atoms in total. The molecular weight excluding hydrogens is 798 g/mol. The molecule has 5 N–H and O–H groups in total. The van der Waals surface area contributed by atoms with Crippen LogP contribution in [-0.4, -0.2) is 82.6 Å². The molecule has 18 heteroatoms. The van der Waals surface area contributed by atoms with Gasteiger partial charge in [0, 0.05) is 86.2 Å². The number of aromatic nitrogens is 4. The van der Waals surface area contributed by atoms with E-state index in [1.54, 1.807) is 0 Å². The number of nitrogens with zero attached hydrogens (tertiary/aromatic N) is 4. The summed E-state index contributed by atoms with van der Waals surface area (Å²) >= 11 is 21.4. The Balaban J connectivity index is -0.000000528. The summed E-state index contributed by atoms with van der Waals surface area (Å²) in [6, 6.07) is 2.83. The molecule has 0 spiro atoms. The summed E-state index contributed by atoms with van der Waals surface area (Å²) in [5.41, 5.74) is 2.17. The van der Waals surface area contributed by atoms with Crippen LogP contribution < -0.4 is 21.3 Å². The fraction of sp³-hybridized carbons (Fsp3) is 0.700. The molecule has 6 atom stereocenters. The van der Waals surface area contributed by atoms with E-state index >= 15 is 0 Å². The minimum Gasteiger partial charge on any atom is -0.481 e. The van der Waals surface area contributed by atoms with Crippen molar-refractivity contribution in [1.82, 2.24) is 41.2 Å². The molecule has 282 valence electrons. The van der Waals surface area contributed by atoms with Gasteiger partial charge < -0.3 is 26.4 Å². The van der Waals surface area contributed by atoms with E-state index < -0.39 is 20.2 Å². The maximum absolute atomic E-state index is 9.00. The summed E-state index contributed by atoms with van der Waals surface area (Å²) in [6.07, 6.45) is 12.1. The third kappa shape index (κ3) is 32.3. The van der Waals surface area contributed by atoms with Crippen LogP contribution in [0.25, 0.3) is 0 Å². The SMILES string of the molecule is CC(=O)O.CCC1CNCC(CC)N1.CCC1CNCC(CC)N1.CCc1cncc(CC)n1.Clc1cncc(Cl)n1.[2H]P(P)[PH+](Cl)Cl.[Ni]. The Morgan fingerprint density at radius 1 is 0.812 bits per heavy atom. The fourth-order valence-electron chi connectivity index (χ4n) is 3.93. The van der Waals surface area contributed by atoms with Gasteiger partial charge in [-0.1, -0.05) is 73.7 Å². The zero-order chi connectivity index (χ0) is 36.9. The summed E-state index contributed by atoms with van der Waals surface area (Å²) in [7, 11) is 1.43. The second kappa shape index (κ2) is 35.8. The Kier molecular flexibility index (Phi) is 37.7. The zero-order valence-corrected chi connectivity index (χ0v) is 36.2. The quantitative estimate of drug-likeness (QED) is 0.139. The smallest absolute Gasteiger partial charge is 0.300 e. The van der Waals surface area contributed by atoms with Crippen molar-refractivity contribution in [1.29, 1.82) is 1.28 Å². The average Bonchev–Trinajstić information content (AvgIpc) is 3.09. The molecule has 6 unspecified atom stereocenters. The molecule has 0 bridgehead atoms. The van der Waals surface area contributed by atoms with E-state index in [1.807, 2.05) is 12.4 Å². The minimum atomic E-state index is -1.31. The molecule has 2 aliphatic rings. The number of aryl methyl sites for hydroxylation is 2. The predicted octanol–water partition coefficient (Wildman–Crippen LogP) is 7.84. The first-order chi connectivity index (χ1) is 22.8. The summed E-state index contributed by atoms with van der Waals surface area (Å²) in [4.78, 5) is 24.7. The van der Waals surface area contributed by atoms with Crippen LogP contribution in [-0.2, 0) is 34.1 Å². The van der Waals surface area contributed by atoms with Crippen molar-refractivity contribution >= 4 is 74.8 Å². The Morgan fingerprint density at radius 2 is 1.10 bits per heavy atom. The molecule has 0 aliphatic carbocycles. The van der Waals surface area contributed by atoms with Crippen molar-refractivity contribution in [2.24, 2.45) is 0 Å². The fourth-order valence-corrected chi connectivity index (χ4v) is 4.27. The number of aliphatic carboxylic acids is 1. The topological polar surface area (TPSA) is 137 Å². The van der Waals surface area contributed by atoms with Crippen molar-refractivity contribution in [2.75, 3.05) is 26.2 Å². The zero-order valence-electron chi connectivity index (χ0n) is 30.2. The third-order valence-electron chi connectivity index (χ3n) is 6.61. The van der Waals surface area contributed by atoms with Crippen LogP contribution in [0.1, 0.15) is 85.5 Å². The van der Waals surface area contributed by atoms with Gasteiger partial charge in [-0.05, 0) is 38.5 Å². The first-order valence-corrected chi connectivity index (χ1v) is 23.7. The standard InChI is InChI=1S/2C8H18N2.C8H12N2.C4H2Cl2N2.C2H4O2.Cl2H3P3.Ni/c3*1-3-7-5-9-6-8(4-2)10-7;5-3-1-7-2-4(6)8-3;1-2(3)4;1-5(2)4-3;/h2*7-10H,3-6H2,1-2H3;5-6H,3-4H2,1-2H3;1-2H;1H3,(H,3,4);4H,3H2;/p+1/i;;;;;4D;. The molecular formula is C30H58Cl4N8NiO2P3+. The number of hydrogen-bond acceptors (Lipinski definition) is 9. The van der Waals surface area contributed by atoms with Gasteiger partial charge >= 0.3 is 0 Å². The molecule has 2 saturated heterocycles. The number of carboxylic acid groups (broad SMARTS) is 1. The molecule has 0 amide bonds. The monoisotopic (exact) mass is 854 g/mol. The van der Waals surface area contributed by atoms with Crippen LogP contribution in [0.15, 0.2) is 24.8 Å². The maximum atomic E-state index is 9.00. The normalized spacial score (nSPS) is 20.3. The summed E-state index contributed by atoms with van der Waals surface area (Å²) in [6.45, 7) is 18.8. The van der Waals surface area contributed by atoms with E-state index in [-0.39, 0.29) is 16.5 Å². The van der Waals surface area contributed by atoms with Gasteiger partial charge in [0.05, 0.1) is 31.7 Å². The van der Waals surface area contributed by atoms with Gasteiger partial charge in [-0.3, -0.25) is 19.7 Å². The predicted molar refractivity (Wildman–Crippen MR) is 213 cm³/mol. The molecule has 2 aliphatic heterocycles. The van der Waals surface area contributed by atoms with Gasteiger partial charge in [0.25, 0.3) is 5.97 Å². The summed E-state index contributed by atoms with van der Waals surface area (Å²) < 4.78 is 6.84. The first-order valence-electron chi connectivity index (χ1n) is 16.5. The van der Waals surface area contributed by atoms with Gasteiger partial charge in [-0.2, -0.15) is 0 Å². The maximum Gasteiger partial charge on any atom is 0.300 e. The van der Waals surface area contributed by atoms with Crippen LogP contribution in [0.5, 0.6) is 0 Å². The second-order valence-corrected chi connectivity index (χ2v) is 20.7. The molecule has 0 saturated carbocycles. The van der Waals surface area contributed by atoms with Crippen molar-refractivity contribution < 1.29 is 26.4 Å². The number of nitrogens with one attached hydrogen (secondary N) is 4. The molecule has 2 fully saturated rings. The minimum absolute atomic E-state index is 0. The van der Waals surface area contributed by atoms with E-state index in [4.69, 9.17) is 56.9 Å². The number of piperazine rings is 2. The van der Waals surface area contributed by atoms with Crippen molar-refractivity contribution in [3.05, 3.63) is 46.5 Å². The van der Waals surface area contributed by atoms with Gasteiger partial charge in [-0.15, -0.1) is 0 Å². The van der Waals surface area contributed by atoms with E-state index in [0.717, 1.165) is 57.3 Å². The van der Waals surface area contributed by atoms with Gasteiger partial charge in [0.2, 0.25) is 6.32 Å². The Morgan fingerprint density at radius 3 is 1.31 bits per heavy atom. The number of rotatable bonds is 7. The van der Waals surface area contributed by atoms with E-state index in [9.17, 15) is 0 Å². The number of carbonyl (C=O) groups is 1. The molecule has 4 heterocycles. The van der Waals surface area contributed by atoms with Crippen LogP contribution in [0.3, 0.4) is 0 Å². The molecule has 4 rings (SSSR count). The van der Waals surface area contributed by atoms with Crippen molar-refractivity contribution in [2.45, 2.75) is 111 Å². The Bertz CT molecular complexity index is 993. The average molecular weight is 857 g/mol. The van der Waals surface area contributed by atoms with E-state index in [0.29, 0.717) is 34.5 Å². The molecule has 0 aromatic carbocycles. The van der Waals surface area contributed by atoms with Gasteiger partial charge in [-0.25, -0.2) is 4.98 Å². The number of carboxylic acids is 1. The van der Waals surface area contributed by atoms with Gasteiger partial charge in [0.1, 0.15) is 34.1 Å². The van der Waals surface area contributed by atoms with Crippen LogP contribution >= 0.6 is 68.8 Å². The van der Waals surface area contributed by atoms with Gasteiger partial charge in [0.15, 0.2) is 0 Å². The molecule has 2 aromatic heterocycles. The second-order valence-electron chi connectivity index (χ2n) is 10.3. The third-order valence-corrected chi connectivity index (χ3v) is 14.8. The first kappa shape index (κ1) is 50.5. The Labute approximate surface area is 325 Å². The summed E-state index contributed by atoms with van der Waals surface area (Å²) in [5.74, 6) is -0.833.